The van der Waals surface area contributed by atoms with Gasteiger partial charge in [-0.05, 0) is 18.9 Å². The Bertz CT molecular complexity index is 1080. The molecule has 3 N–H and O–H groups in total. The van der Waals surface area contributed by atoms with Crippen LogP contribution in [0, 0.1) is 0 Å². The fraction of sp³-hybridized carbons (Fsp3) is 0.368. The van der Waals surface area contributed by atoms with Gasteiger partial charge in [0.2, 0.25) is 5.91 Å². The van der Waals surface area contributed by atoms with Gasteiger partial charge in [0, 0.05) is 23.3 Å². The molecule has 3 aromatic rings. The number of nitrogens with zero attached hydrogens (tertiary/aromatic N) is 3. The van der Waals surface area contributed by atoms with Crippen LogP contribution < -0.4 is 10.6 Å². The Hall–Kier alpha value is -2.88. The molecule has 11 heteroatoms. The number of rotatable bonds is 5. The van der Waals surface area contributed by atoms with Gasteiger partial charge >= 0.3 is 6.18 Å². The van der Waals surface area contributed by atoms with Gasteiger partial charge in [-0.15, -0.1) is 0 Å². The number of carbonyl (C=O) groups is 1. The predicted octanol–water partition coefficient (Wildman–Crippen LogP) is 4.08. The molecular weight excluding hydrogens is 421 g/mol. The Morgan fingerprint density at radius 3 is 2.73 bits per heavy atom. The van der Waals surface area contributed by atoms with Crippen LogP contribution in [0.4, 0.5) is 19.0 Å². The minimum absolute atomic E-state index is 0.306. The van der Waals surface area contributed by atoms with Crippen LogP contribution in [0.2, 0.25) is 5.02 Å². The fourth-order valence-corrected chi connectivity index (χ4v) is 3.89. The van der Waals surface area contributed by atoms with Crippen molar-refractivity contribution in [2.75, 3.05) is 11.9 Å². The first-order valence-electron chi connectivity index (χ1n) is 9.34. The Morgan fingerprint density at radius 1 is 1.23 bits per heavy atom. The van der Waals surface area contributed by atoms with Crippen molar-refractivity contribution in [2.24, 2.45) is 0 Å². The van der Waals surface area contributed by atoms with Crippen LogP contribution >= 0.6 is 11.6 Å². The van der Waals surface area contributed by atoms with Gasteiger partial charge in [-0.2, -0.15) is 13.2 Å². The SMILES string of the molecule is O=C(NCC(F)(F)F)C1(Nc2cncc(-c3c[nH]c4ncc(Cl)cc34)n2)CCCC1. The topological polar surface area (TPSA) is 95.6 Å². The van der Waals surface area contributed by atoms with Crippen LogP contribution in [0.3, 0.4) is 0 Å². The first-order chi connectivity index (χ1) is 14.3. The molecule has 4 rings (SSSR count). The van der Waals surface area contributed by atoms with E-state index in [9.17, 15) is 18.0 Å². The average molecular weight is 439 g/mol. The number of amides is 1. The maximum Gasteiger partial charge on any atom is 0.405 e. The first kappa shape index (κ1) is 20.4. The van der Waals surface area contributed by atoms with E-state index >= 15 is 0 Å². The Kier molecular flexibility index (Phi) is 5.27. The number of carbonyl (C=O) groups excluding carboxylic acids is 1. The number of H-pyrrole nitrogens is 1. The lowest BCUT2D eigenvalue weighted by Gasteiger charge is -2.29. The molecule has 1 aliphatic rings. The van der Waals surface area contributed by atoms with E-state index < -0.39 is 24.2 Å². The number of alkyl halides is 3. The lowest BCUT2D eigenvalue weighted by Crippen LogP contribution is -2.52. The molecule has 0 aliphatic heterocycles. The molecule has 0 unspecified atom stereocenters. The zero-order valence-corrected chi connectivity index (χ0v) is 16.4. The van der Waals surface area contributed by atoms with E-state index in [1.807, 2.05) is 5.32 Å². The average Bonchev–Trinajstić information content (AvgIpc) is 3.33. The molecule has 30 heavy (non-hydrogen) atoms. The molecule has 0 spiro atoms. The summed E-state index contributed by atoms with van der Waals surface area (Å²) in [6.45, 7) is -1.37. The molecule has 1 saturated carbocycles. The van der Waals surface area contributed by atoms with Gasteiger partial charge in [0.05, 0.1) is 23.1 Å². The highest BCUT2D eigenvalue weighted by molar-refractivity contribution is 6.31. The first-order valence-corrected chi connectivity index (χ1v) is 9.72. The molecule has 3 aromatic heterocycles. The minimum atomic E-state index is -4.47. The summed E-state index contributed by atoms with van der Waals surface area (Å²) in [6, 6.07) is 1.75. The van der Waals surface area contributed by atoms with E-state index in [0.717, 1.165) is 23.8 Å². The van der Waals surface area contributed by atoms with Crippen molar-refractivity contribution in [1.29, 1.82) is 0 Å². The normalized spacial score (nSPS) is 16.0. The van der Waals surface area contributed by atoms with Gasteiger partial charge in [-0.25, -0.2) is 9.97 Å². The molecule has 1 aliphatic carbocycles. The van der Waals surface area contributed by atoms with Crippen LogP contribution in [0.15, 0.2) is 30.9 Å². The fourth-order valence-electron chi connectivity index (χ4n) is 3.73. The molecule has 0 aromatic carbocycles. The summed E-state index contributed by atoms with van der Waals surface area (Å²) in [5, 5.41) is 6.27. The molecule has 0 atom stereocenters. The van der Waals surface area contributed by atoms with Crippen LogP contribution in [0.5, 0.6) is 0 Å². The molecule has 158 valence electrons. The molecule has 3 heterocycles. The lowest BCUT2D eigenvalue weighted by atomic mass is 9.96. The summed E-state index contributed by atoms with van der Waals surface area (Å²) in [5.41, 5.74) is 0.717. The van der Waals surface area contributed by atoms with Gasteiger partial charge in [0.25, 0.3) is 0 Å². The molecular formula is C19H18ClF3N6O. The number of hydrogen-bond donors (Lipinski definition) is 3. The number of aromatic amines is 1. The molecule has 1 fully saturated rings. The van der Waals surface area contributed by atoms with Crippen molar-refractivity contribution >= 4 is 34.4 Å². The van der Waals surface area contributed by atoms with E-state index in [2.05, 4.69) is 25.3 Å². The van der Waals surface area contributed by atoms with E-state index in [1.165, 1.54) is 12.4 Å². The molecule has 0 radical (unpaired) electrons. The summed E-state index contributed by atoms with van der Waals surface area (Å²) in [4.78, 5) is 28.6. The second kappa shape index (κ2) is 7.75. The van der Waals surface area contributed by atoms with Crippen LogP contribution in [-0.4, -0.2) is 44.1 Å². The highest BCUT2D eigenvalue weighted by atomic mass is 35.5. The summed E-state index contributed by atoms with van der Waals surface area (Å²) >= 11 is 6.05. The van der Waals surface area contributed by atoms with E-state index in [0.29, 0.717) is 35.0 Å². The van der Waals surface area contributed by atoms with Crippen molar-refractivity contribution in [3.8, 4) is 11.3 Å². The second-order valence-electron chi connectivity index (χ2n) is 7.25. The highest BCUT2D eigenvalue weighted by Crippen LogP contribution is 2.34. The molecule has 1 amide bonds. The summed E-state index contributed by atoms with van der Waals surface area (Å²) in [6.07, 6.45) is 4.06. The Balaban J connectivity index is 1.61. The van der Waals surface area contributed by atoms with Crippen LogP contribution in [0.25, 0.3) is 22.3 Å². The number of halogens is 4. The van der Waals surface area contributed by atoms with Crippen molar-refractivity contribution in [3.05, 3.63) is 35.9 Å². The number of nitrogens with one attached hydrogen (secondary N) is 3. The number of anilines is 1. The van der Waals surface area contributed by atoms with Gasteiger partial charge in [0.1, 0.15) is 23.5 Å². The zero-order valence-electron chi connectivity index (χ0n) is 15.7. The van der Waals surface area contributed by atoms with Gasteiger partial charge in [0.15, 0.2) is 0 Å². The Labute approximate surface area is 174 Å². The third-order valence-corrected chi connectivity index (χ3v) is 5.32. The summed E-state index contributed by atoms with van der Waals surface area (Å²) in [7, 11) is 0. The smallest absolute Gasteiger partial charge is 0.355 e. The molecule has 0 bridgehead atoms. The van der Waals surface area contributed by atoms with Gasteiger partial charge in [-0.3, -0.25) is 9.78 Å². The predicted molar refractivity (Wildman–Crippen MR) is 106 cm³/mol. The standard InChI is InChI=1S/C19H18ClF3N6O/c20-11-5-12-13(7-26-16(12)25-6-11)14-8-24-9-15(28-14)29-18(3-1-2-4-18)17(30)27-10-19(21,22)23/h5-9H,1-4,10H2,(H,25,26)(H,27,30)(H,28,29). The molecule has 7 nitrogen and oxygen atoms in total. The summed E-state index contributed by atoms with van der Waals surface area (Å²) < 4.78 is 37.6. The summed E-state index contributed by atoms with van der Waals surface area (Å²) in [5.74, 6) is -0.381. The third-order valence-electron chi connectivity index (χ3n) is 5.12. The van der Waals surface area contributed by atoms with Gasteiger partial charge < -0.3 is 15.6 Å². The quantitative estimate of drug-likeness (QED) is 0.558. The second-order valence-corrected chi connectivity index (χ2v) is 7.69. The van der Waals surface area contributed by atoms with E-state index in [4.69, 9.17) is 11.6 Å². The monoisotopic (exact) mass is 438 g/mol. The van der Waals surface area contributed by atoms with Crippen molar-refractivity contribution < 1.29 is 18.0 Å². The Morgan fingerprint density at radius 2 is 2.00 bits per heavy atom. The van der Waals surface area contributed by atoms with Crippen LogP contribution in [0.1, 0.15) is 25.7 Å². The largest absolute Gasteiger partial charge is 0.405 e. The van der Waals surface area contributed by atoms with Crippen molar-refractivity contribution in [3.63, 3.8) is 0 Å². The highest BCUT2D eigenvalue weighted by Gasteiger charge is 2.42. The van der Waals surface area contributed by atoms with Crippen LogP contribution in [-0.2, 0) is 4.79 Å². The maximum atomic E-state index is 12.6. The number of fused-ring (bicyclic) bond motifs is 1. The molecule has 0 saturated heterocycles. The minimum Gasteiger partial charge on any atom is -0.355 e. The zero-order chi connectivity index (χ0) is 21.4. The van der Waals surface area contributed by atoms with Crippen molar-refractivity contribution in [2.45, 2.75) is 37.4 Å². The maximum absolute atomic E-state index is 12.6. The number of pyridine rings is 1. The van der Waals surface area contributed by atoms with E-state index in [-0.39, 0.29) is 0 Å². The lowest BCUT2D eigenvalue weighted by molar-refractivity contribution is -0.141. The van der Waals surface area contributed by atoms with Gasteiger partial charge in [-0.1, -0.05) is 24.4 Å². The van der Waals surface area contributed by atoms with E-state index in [1.54, 1.807) is 18.5 Å². The third kappa shape index (κ3) is 4.18. The van der Waals surface area contributed by atoms with Crippen molar-refractivity contribution in [1.82, 2.24) is 25.3 Å². The number of aromatic nitrogens is 4. The number of hydrogen-bond acceptors (Lipinski definition) is 5.